The largest absolute Gasteiger partial charge is 0.462 e. The van der Waals surface area contributed by atoms with E-state index in [1.165, 1.54) is 64.2 Å². The third-order valence-corrected chi connectivity index (χ3v) is 15.3. The summed E-state index contributed by atoms with van der Waals surface area (Å²) in [5, 5.41) is 32.8. The molecule has 0 radical (unpaired) electrons. The topological polar surface area (TPSA) is 231 Å². The molecule has 0 saturated carbocycles. The first-order chi connectivity index (χ1) is 39.7. The van der Waals surface area contributed by atoms with Crippen LogP contribution in [0.3, 0.4) is 0 Å². The number of hydrogen-bond donors (Lipinski definition) is 3. The zero-order valence-electron chi connectivity index (χ0n) is 51.4. The summed E-state index contributed by atoms with van der Waals surface area (Å²) in [4.78, 5) is 75.0. The number of rotatable bonds is 58. The summed E-state index contributed by atoms with van der Waals surface area (Å²) >= 11 is 0. The lowest BCUT2D eigenvalue weighted by atomic mass is 9.96. The predicted molar refractivity (Wildman–Crippen MR) is 320 cm³/mol. The lowest BCUT2D eigenvalue weighted by Gasteiger charge is -2.29. The van der Waals surface area contributed by atoms with E-state index in [1.807, 2.05) is 6.92 Å². The van der Waals surface area contributed by atoms with E-state index in [0.29, 0.717) is 82.8 Å². The van der Waals surface area contributed by atoms with Crippen LogP contribution in [0.1, 0.15) is 278 Å². The van der Waals surface area contributed by atoms with Gasteiger partial charge in [-0.1, -0.05) is 201 Å². The molecule has 16 heteroatoms. The quantitative estimate of drug-likeness (QED) is 0.0169. The van der Waals surface area contributed by atoms with Gasteiger partial charge >= 0.3 is 35.8 Å². The second kappa shape index (κ2) is 51.3. The van der Waals surface area contributed by atoms with Crippen molar-refractivity contribution in [3.05, 3.63) is 38.0 Å². The van der Waals surface area contributed by atoms with E-state index < -0.39 is 78.5 Å². The number of hydrogen-bond acceptors (Lipinski definition) is 16. The van der Waals surface area contributed by atoms with Crippen LogP contribution in [0, 0.1) is 0 Å². The van der Waals surface area contributed by atoms with E-state index in [4.69, 9.17) is 33.2 Å². The molecule has 0 spiro atoms. The van der Waals surface area contributed by atoms with E-state index in [-0.39, 0.29) is 38.9 Å². The standard InChI is InChI=1S/C66H114O16/c1-7-13-16-18-24-33-42-56(80-61(70)10-4)53(67)41-32-23-20-30-39-48-66(75)78-52(51-77-65(74)47-38-29-22-27-36-45-59-58(79-59)44-35-25-19-17-14-8-2)50-76-64(73)46-37-28-21-26-34-43-57(81-62(71)11-5)55(69)49-60(82-63(72)12-6)54(68)40-31-15-9-3/h10-12,52-60,67-69H,4-9,13-51H2,1-3H3. The molecule has 16 nitrogen and oxygen atoms in total. The Kier molecular flexibility index (Phi) is 47.5. The van der Waals surface area contributed by atoms with Gasteiger partial charge in [0.1, 0.15) is 31.5 Å². The molecule has 0 amide bonds. The fraction of sp³-hybridized carbons (Fsp3) is 0.818. The van der Waals surface area contributed by atoms with Crippen molar-refractivity contribution >= 4 is 35.8 Å². The summed E-state index contributed by atoms with van der Waals surface area (Å²) in [5.74, 6) is -3.33. The van der Waals surface area contributed by atoms with Crippen LogP contribution in [0.5, 0.6) is 0 Å². The van der Waals surface area contributed by atoms with Gasteiger partial charge in [0.15, 0.2) is 6.10 Å². The molecule has 474 valence electrons. The van der Waals surface area contributed by atoms with Gasteiger partial charge in [0.25, 0.3) is 0 Å². The van der Waals surface area contributed by atoms with Gasteiger partial charge in [0.2, 0.25) is 0 Å². The summed E-state index contributed by atoms with van der Waals surface area (Å²) in [6, 6.07) is 0. The lowest BCUT2D eigenvalue weighted by Crippen LogP contribution is -2.39. The highest BCUT2D eigenvalue weighted by Crippen LogP contribution is 2.32. The summed E-state index contributed by atoms with van der Waals surface area (Å²) in [7, 11) is 0. The number of unbranched alkanes of at least 4 members (excludes halogenated alkanes) is 24. The van der Waals surface area contributed by atoms with Crippen LogP contribution < -0.4 is 0 Å². The molecule has 82 heavy (non-hydrogen) atoms. The Balaban J connectivity index is 2.64. The van der Waals surface area contributed by atoms with E-state index >= 15 is 0 Å². The van der Waals surface area contributed by atoms with Crippen molar-refractivity contribution in [2.75, 3.05) is 13.2 Å². The first kappa shape index (κ1) is 75.9. The molecule has 1 rings (SSSR count). The molecule has 1 aliphatic rings. The molecule has 1 saturated heterocycles. The Morgan fingerprint density at radius 3 is 1.13 bits per heavy atom. The molecule has 9 unspecified atom stereocenters. The Hall–Kier alpha value is -4.12. The maximum Gasteiger partial charge on any atom is 0.330 e. The van der Waals surface area contributed by atoms with Crippen LogP contribution in [0.25, 0.3) is 0 Å². The number of aliphatic hydroxyl groups is 3. The first-order valence-corrected chi connectivity index (χ1v) is 32.4. The van der Waals surface area contributed by atoms with Crippen LogP contribution in [0.4, 0.5) is 0 Å². The number of epoxide rings is 1. The van der Waals surface area contributed by atoms with Crippen LogP contribution in [0.15, 0.2) is 38.0 Å². The summed E-state index contributed by atoms with van der Waals surface area (Å²) in [6.45, 7) is 16.3. The zero-order chi connectivity index (χ0) is 60.4. The van der Waals surface area contributed by atoms with Crippen molar-refractivity contribution in [3.8, 4) is 0 Å². The number of carbonyl (C=O) groups is 6. The first-order valence-electron chi connectivity index (χ1n) is 32.4. The summed E-state index contributed by atoms with van der Waals surface area (Å²) in [6.07, 6.45) is 30.6. The molecule has 3 N–H and O–H groups in total. The van der Waals surface area contributed by atoms with E-state index in [2.05, 4.69) is 33.6 Å². The maximum atomic E-state index is 13.1. The zero-order valence-corrected chi connectivity index (χ0v) is 51.4. The van der Waals surface area contributed by atoms with Crippen LogP contribution in [-0.4, -0.2) is 119 Å². The minimum atomic E-state index is -1.23. The Morgan fingerprint density at radius 2 is 0.707 bits per heavy atom. The van der Waals surface area contributed by atoms with Gasteiger partial charge in [0, 0.05) is 43.9 Å². The second-order valence-corrected chi connectivity index (χ2v) is 22.7. The normalized spacial score (nSPS) is 16.3. The van der Waals surface area contributed by atoms with Crippen molar-refractivity contribution in [2.24, 2.45) is 0 Å². The number of esters is 6. The van der Waals surface area contributed by atoms with Crippen LogP contribution in [0.2, 0.25) is 0 Å². The molecule has 0 aromatic carbocycles. The molecular formula is C66H114O16. The Bertz CT molecular complexity index is 1700. The summed E-state index contributed by atoms with van der Waals surface area (Å²) in [5.41, 5.74) is 0. The summed E-state index contributed by atoms with van der Waals surface area (Å²) < 4.78 is 39.1. The Labute approximate surface area is 495 Å². The van der Waals surface area contributed by atoms with E-state index in [0.717, 1.165) is 115 Å². The van der Waals surface area contributed by atoms with Crippen molar-refractivity contribution < 1.29 is 77.2 Å². The second-order valence-electron chi connectivity index (χ2n) is 22.7. The van der Waals surface area contributed by atoms with Crippen molar-refractivity contribution in [1.29, 1.82) is 0 Å². The van der Waals surface area contributed by atoms with Crippen LogP contribution >= 0.6 is 0 Å². The minimum Gasteiger partial charge on any atom is -0.462 e. The number of carbonyl (C=O) groups excluding carboxylic acids is 6. The smallest absolute Gasteiger partial charge is 0.330 e. The molecular weight excluding hydrogens is 1050 g/mol. The lowest BCUT2D eigenvalue weighted by molar-refractivity contribution is -0.167. The van der Waals surface area contributed by atoms with Gasteiger partial charge in [-0.3, -0.25) is 14.4 Å². The van der Waals surface area contributed by atoms with Gasteiger partial charge in [-0.25, -0.2) is 14.4 Å². The molecule has 1 aliphatic heterocycles. The van der Waals surface area contributed by atoms with Crippen molar-refractivity contribution in [1.82, 2.24) is 0 Å². The molecule has 0 aliphatic carbocycles. The highest BCUT2D eigenvalue weighted by atomic mass is 16.6. The predicted octanol–water partition coefficient (Wildman–Crippen LogP) is 13.8. The SMILES string of the molecule is C=CC(=O)OC(CCCCCCCC)C(O)CCCCCCCC(=O)OC(COC(=O)CCCCCCCC(OC(=O)C=C)C(O)CC(OC(=O)C=C)C(O)CCCCC)COC(=O)CCCCCCCC1OC1CCCCCCCC. The molecule has 1 heterocycles. The van der Waals surface area contributed by atoms with Gasteiger partial charge in [-0.05, 0) is 70.6 Å². The number of aliphatic hydroxyl groups excluding tert-OH is 3. The molecule has 0 aromatic rings. The average molecular weight is 1160 g/mol. The minimum absolute atomic E-state index is 0.119. The highest BCUT2D eigenvalue weighted by molar-refractivity contribution is 5.82. The van der Waals surface area contributed by atoms with Crippen molar-refractivity contribution in [2.45, 2.75) is 333 Å². The van der Waals surface area contributed by atoms with Crippen molar-refractivity contribution in [3.63, 3.8) is 0 Å². The molecule has 9 atom stereocenters. The monoisotopic (exact) mass is 1160 g/mol. The molecule has 0 aromatic heterocycles. The maximum absolute atomic E-state index is 13.1. The van der Waals surface area contributed by atoms with E-state index in [1.54, 1.807) is 0 Å². The average Bonchev–Trinajstić information content (AvgIpc) is 4.27. The van der Waals surface area contributed by atoms with Gasteiger partial charge in [-0.15, -0.1) is 0 Å². The Morgan fingerprint density at radius 1 is 0.390 bits per heavy atom. The van der Waals surface area contributed by atoms with Crippen LogP contribution in [-0.2, 0) is 61.9 Å². The van der Waals surface area contributed by atoms with Gasteiger partial charge < -0.3 is 48.5 Å². The molecule has 1 fully saturated rings. The number of ether oxygens (including phenoxy) is 7. The third kappa shape index (κ3) is 41.8. The molecule has 0 bridgehead atoms. The fourth-order valence-electron chi connectivity index (χ4n) is 10.2. The fourth-order valence-corrected chi connectivity index (χ4v) is 10.2. The van der Waals surface area contributed by atoms with Gasteiger partial charge in [0.05, 0.1) is 30.5 Å². The highest BCUT2D eigenvalue weighted by Gasteiger charge is 2.37. The third-order valence-electron chi connectivity index (χ3n) is 15.3. The van der Waals surface area contributed by atoms with Gasteiger partial charge in [-0.2, -0.15) is 0 Å². The van der Waals surface area contributed by atoms with E-state index in [9.17, 15) is 44.1 Å².